The molecule has 0 aliphatic heterocycles. The van der Waals surface area contributed by atoms with E-state index in [1.807, 2.05) is 0 Å². The van der Waals surface area contributed by atoms with Gasteiger partial charge in [0.1, 0.15) is 23.7 Å². The van der Waals surface area contributed by atoms with E-state index in [2.05, 4.69) is 5.32 Å². The monoisotopic (exact) mass is 441 g/mol. The lowest BCUT2D eigenvalue weighted by atomic mass is 10.2. The SMILES string of the molecule is O=C(Cn1ccc2ccn(Cc3cccc(F)c3)c2c1=O)NCc1ccc(F)c(Cl)c1. The summed E-state index contributed by atoms with van der Waals surface area (Å²) < 4.78 is 29.8. The third kappa shape index (κ3) is 4.67. The number of benzene rings is 2. The molecular formula is C23H18ClF2N3O2. The number of carbonyl (C=O) groups excluding carboxylic acids is 1. The maximum atomic E-state index is 13.5. The zero-order chi connectivity index (χ0) is 22.0. The fourth-order valence-electron chi connectivity index (χ4n) is 3.39. The molecule has 0 aliphatic rings. The molecule has 0 aliphatic carbocycles. The van der Waals surface area contributed by atoms with Crippen LogP contribution in [0.25, 0.3) is 10.9 Å². The van der Waals surface area contributed by atoms with Crippen molar-refractivity contribution in [2.75, 3.05) is 0 Å². The maximum absolute atomic E-state index is 13.5. The van der Waals surface area contributed by atoms with Gasteiger partial charge >= 0.3 is 0 Å². The summed E-state index contributed by atoms with van der Waals surface area (Å²) >= 11 is 5.75. The van der Waals surface area contributed by atoms with Crippen LogP contribution in [-0.4, -0.2) is 15.0 Å². The van der Waals surface area contributed by atoms with Crippen LogP contribution in [0.15, 0.2) is 71.8 Å². The summed E-state index contributed by atoms with van der Waals surface area (Å²) in [6.45, 7) is 0.318. The van der Waals surface area contributed by atoms with E-state index in [0.717, 1.165) is 10.9 Å². The Hall–Kier alpha value is -3.45. The lowest BCUT2D eigenvalue weighted by Gasteiger charge is -2.10. The van der Waals surface area contributed by atoms with Crippen LogP contribution in [0.2, 0.25) is 5.02 Å². The minimum atomic E-state index is -0.530. The van der Waals surface area contributed by atoms with Crippen LogP contribution < -0.4 is 10.9 Å². The van der Waals surface area contributed by atoms with Crippen molar-refractivity contribution in [2.24, 2.45) is 0 Å². The molecule has 1 amide bonds. The molecule has 0 radical (unpaired) electrons. The molecule has 0 unspecified atom stereocenters. The molecule has 2 aromatic heterocycles. The van der Waals surface area contributed by atoms with Gasteiger partial charge in [-0.05, 0) is 47.5 Å². The van der Waals surface area contributed by atoms with Gasteiger partial charge in [-0.25, -0.2) is 8.78 Å². The van der Waals surface area contributed by atoms with E-state index >= 15 is 0 Å². The highest BCUT2D eigenvalue weighted by Crippen LogP contribution is 2.16. The van der Waals surface area contributed by atoms with Gasteiger partial charge in [-0.15, -0.1) is 0 Å². The molecule has 0 saturated carbocycles. The number of amides is 1. The van der Waals surface area contributed by atoms with Gasteiger partial charge in [0.15, 0.2) is 0 Å². The molecule has 1 N–H and O–H groups in total. The highest BCUT2D eigenvalue weighted by atomic mass is 35.5. The van der Waals surface area contributed by atoms with Crippen LogP contribution >= 0.6 is 11.6 Å². The first-order chi connectivity index (χ1) is 14.9. The molecule has 4 rings (SSSR count). The highest BCUT2D eigenvalue weighted by Gasteiger charge is 2.12. The maximum Gasteiger partial charge on any atom is 0.275 e. The Balaban J connectivity index is 1.51. The highest BCUT2D eigenvalue weighted by molar-refractivity contribution is 6.30. The lowest BCUT2D eigenvalue weighted by molar-refractivity contribution is -0.121. The molecule has 0 spiro atoms. The van der Waals surface area contributed by atoms with Gasteiger partial charge < -0.3 is 14.5 Å². The second-order valence-corrected chi connectivity index (χ2v) is 7.56. The fourth-order valence-corrected chi connectivity index (χ4v) is 3.60. The zero-order valence-corrected chi connectivity index (χ0v) is 17.1. The molecule has 0 bridgehead atoms. The molecule has 4 aromatic rings. The minimum Gasteiger partial charge on any atom is -0.350 e. The summed E-state index contributed by atoms with van der Waals surface area (Å²) in [6.07, 6.45) is 3.32. The first kappa shape index (κ1) is 20.8. The molecule has 31 heavy (non-hydrogen) atoms. The standard InChI is InChI=1S/C23H18ClF2N3O2/c24-19-11-15(4-5-20(19)26)12-27-21(30)14-29-9-7-17-6-8-28(22(17)23(29)31)13-16-2-1-3-18(25)10-16/h1-11H,12-14H2,(H,27,30). The van der Waals surface area contributed by atoms with Crippen molar-refractivity contribution in [3.05, 3.63) is 105 Å². The second-order valence-electron chi connectivity index (χ2n) is 7.15. The van der Waals surface area contributed by atoms with E-state index in [4.69, 9.17) is 11.6 Å². The molecular weight excluding hydrogens is 424 g/mol. The topological polar surface area (TPSA) is 56.0 Å². The number of fused-ring (bicyclic) bond motifs is 1. The van der Waals surface area contributed by atoms with Gasteiger partial charge in [-0.2, -0.15) is 0 Å². The van der Waals surface area contributed by atoms with Crippen LogP contribution in [0.3, 0.4) is 0 Å². The number of rotatable bonds is 6. The summed E-state index contributed by atoms with van der Waals surface area (Å²) in [5.41, 5.74) is 1.48. The van der Waals surface area contributed by atoms with E-state index in [-0.39, 0.29) is 35.4 Å². The van der Waals surface area contributed by atoms with E-state index in [1.165, 1.54) is 34.9 Å². The van der Waals surface area contributed by atoms with Crippen molar-refractivity contribution in [1.82, 2.24) is 14.5 Å². The van der Waals surface area contributed by atoms with Crippen LogP contribution in [0, 0.1) is 11.6 Å². The average molecular weight is 442 g/mol. The van der Waals surface area contributed by atoms with Gasteiger partial charge in [-0.3, -0.25) is 9.59 Å². The number of pyridine rings is 1. The fraction of sp³-hybridized carbons (Fsp3) is 0.130. The van der Waals surface area contributed by atoms with Gasteiger partial charge in [0.05, 0.1) is 5.02 Å². The van der Waals surface area contributed by atoms with Crippen molar-refractivity contribution in [1.29, 1.82) is 0 Å². The van der Waals surface area contributed by atoms with E-state index in [0.29, 0.717) is 17.6 Å². The van der Waals surface area contributed by atoms with E-state index in [1.54, 1.807) is 41.2 Å². The number of hydrogen-bond donors (Lipinski definition) is 1. The van der Waals surface area contributed by atoms with E-state index < -0.39 is 5.82 Å². The zero-order valence-electron chi connectivity index (χ0n) is 16.3. The van der Waals surface area contributed by atoms with Gasteiger partial charge in [0.25, 0.3) is 5.56 Å². The van der Waals surface area contributed by atoms with Crippen LogP contribution in [0.1, 0.15) is 11.1 Å². The third-order valence-corrected chi connectivity index (χ3v) is 5.21. The molecule has 8 heteroatoms. The van der Waals surface area contributed by atoms with Crippen LogP contribution in [0.4, 0.5) is 8.78 Å². The van der Waals surface area contributed by atoms with Crippen molar-refractivity contribution < 1.29 is 13.6 Å². The summed E-state index contributed by atoms with van der Waals surface area (Å²) in [5, 5.41) is 3.41. The smallest absolute Gasteiger partial charge is 0.275 e. The third-order valence-electron chi connectivity index (χ3n) is 4.92. The minimum absolute atomic E-state index is 0.0209. The number of aromatic nitrogens is 2. The number of hydrogen-bond acceptors (Lipinski definition) is 2. The number of nitrogens with one attached hydrogen (secondary N) is 1. The summed E-state index contributed by atoms with van der Waals surface area (Å²) in [7, 11) is 0. The molecule has 158 valence electrons. The summed E-state index contributed by atoms with van der Waals surface area (Å²) in [6, 6.07) is 13.9. The number of carbonyl (C=O) groups is 1. The molecule has 0 fully saturated rings. The van der Waals surface area contributed by atoms with Gasteiger partial charge in [-0.1, -0.05) is 29.8 Å². The van der Waals surface area contributed by atoms with Crippen molar-refractivity contribution in [2.45, 2.75) is 19.6 Å². The predicted molar refractivity (Wildman–Crippen MR) is 115 cm³/mol. The quantitative estimate of drug-likeness (QED) is 0.490. The van der Waals surface area contributed by atoms with Crippen LogP contribution in [0.5, 0.6) is 0 Å². The van der Waals surface area contributed by atoms with Crippen LogP contribution in [-0.2, 0) is 24.4 Å². The van der Waals surface area contributed by atoms with Gasteiger partial charge in [0.2, 0.25) is 5.91 Å². The Morgan fingerprint density at radius 2 is 1.74 bits per heavy atom. The molecule has 0 saturated heterocycles. The molecule has 5 nitrogen and oxygen atoms in total. The Morgan fingerprint density at radius 1 is 0.968 bits per heavy atom. The van der Waals surface area contributed by atoms with Gasteiger partial charge in [0, 0.05) is 30.9 Å². The molecule has 2 aromatic carbocycles. The predicted octanol–water partition coefficient (Wildman–Crippen LogP) is 4.10. The lowest BCUT2D eigenvalue weighted by Crippen LogP contribution is -2.32. The summed E-state index contributed by atoms with van der Waals surface area (Å²) in [5.74, 6) is -1.24. The second kappa shape index (κ2) is 8.73. The first-order valence-electron chi connectivity index (χ1n) is 9.54. The average Bonchev–Trinajstić information content (AvgIpc) is 3.14. The van der Waals surface area contributed by atoms with Crippen molar-refractivity contribution in [3.8, 4) is 0 Å². The number of nitrogens with zero attached hydrogens (tertiary/aromatic N) is 2. The normalized spacial score (nSPS) is 11.1. The Morgan fingerprint density at radius 3 is 2.48 bits per heavy atom. The number of halogens is 3. The first-order valence-corrected chi connectivity index (χ1v) is 9.92. The van der Waals surface area contributed by atoms with E-state index in [9.17, 15) is 18.4 Å². The largest absolute Gasteiger partial charge is 0.350 e. The Kier molecular flexibility index (Phi) is 5.86. The Labute approximate surface area is 181 Å². The van der Waals surface area contributed by atoms with Crippen molar-refractivity contribution in [3.63, 3.8) is 0 Å². The van der Waals surface area contributed by atoms with Crippen molar-refractivity contribution >= 4 is 28.4 Å². The Bertz CT molecular complexity index is 1330. The molecule has 2 heterocycles. The molecule has 0 atom stereocenters. The summed E-state index contributed by atoms with van der Waals surface area (Å²) in [4.78, 5) is 25.3.